The zero-order chi connectivity index (χ0) is 20.1. The Morgan fingerprint density at radius 3 is 2.48 bits per heavy atom. The number of benzene rings is 2. The summed E-state index contributed by atoms with van der Waals surface area (Å²) in [5, 5.41) is 4.23. The molecule has 1 N–H and O–H groups in total. The fraction of sp³-hybridized carbons (Fsp3) is 0.273. The first-order chi connectivity index (χ1) is 14.2. The Hall–Kier alpha value is -2.25. The number of amides is 1. The third-order valence-corrected chi connectivity index (χ3v) is 5.96. The van der Waals surface area contributed by atoms with Crippen molar-refractivity contribution in [3.63, 3.8) is 0 Å². The first kappa shape index (κ1) is 20.0. The van der Waals surface area contributed by atoms with Crippen LogP contribution in [-0.4, -0.2) is 42.1 Å². The van der Waals surface area contributed by atoms with E-state index in [0.29, 0.717) is 10.7 Å². The predicted octanol–water partition coefficient (Wildman–Crippen LogP) is 4.47. The number of anilines is 1. The first-order valence-electron chi connectivity index (χ1n) is 9.55. The van der Waals surface area contributed by atoms with E-state index in [9.17, 15) is 4.79 Å². The topological polar surface area (TPSA) is 54.5 Å². The molecule has 1 amide bonds. The summed E-state index contributed by atoms with van der Waals surface area (Å²) < 4.78 is 5.38. The van der Waals surface area contributed by atoms with Gasteiger partial charge in [0.05, 0.1) is 13.2 Å². The van der Waals surface area contributed by atoms with Crippen LogP contribution in [0.25, 0.3) is 0 Å². The molecule has 2 aromatic carbocycles. The lowest BCUT2D eigenvalue weighted by Crippen LogP contribution is -2.35. The highest BCUT2D eigenvalue weighted by atomic mass is 35.5. The van der Waals surface area contributed by atoms with Gasteiger partial charge in [-0.1, -0.05) is 35.9 Å². The molecular formula is C22H22ClN3O2S. The maximum absolute atomic E-state index is 12.5. The second kappa shape index (κ2) is 9.50. The van der Waals surface area contributed by atoms with E-state index in [1.807, 2.05) is 48.5 Å². The zero-order valence-electron chi connectivity index (χ0n) is 15.9. The number of carbonyl (C=O) groups is 1. The van der Waals surface area contributed by atoms with Crippen LogP contribution in [0.4, 0.5) is 5.13 Å². The molecule has 2 heterocycles. The molecule has 1 fully saturated rings. The van der Waals surface area contributed by atoms with Gasteiger partial charge in [-0.2, -0.15) is 0 Å². The van der Waals surface area contributed by atoms with Crippen molar-refractivity contribution in [2.24, 2.45) is 0 Å². The van der Waals surface area contributed by atoms with Gasteiger partial charge in [-0.3, -0.25) is 15.0 Å². The zero-order valence-corrected chi connectivity index (χ0v) is 17.5. The van der Waals surface area contributed by atoms with Gasteiger partial charge in [-0.15, -0.1) is 11.3 Å². The fourth-order valence-electron chi connectivity index (χ4n) is 3.20. The molecule has 1 aliphatic rings. The highest BCUT2D eigenvalue weighted by Gasteiger charge is 2.12. The van der Waals surface area contributed by atoms with Gasteiger partial charge in [0.2, 0.25) is 0 Å². The normalized spacial score (nSPS) is 14.7. The largest absolute Gasteiger partial charge is 0.379 e. The minimum Gasteiger partial charge on any atom is -0.379 e. The van der Waals surface area contributed by atoms with Crippen LogP contribution in [0.5, 0.6) is 0 Å². The monoisotopic (exact) mass is 427 g/mol. The lowest BCUT2D eigenvalue weighted by molar-refractivity contribution is 0.0342. The molecule has 1 saturated heterocycles. The average molecular weight is 428 g/mol. The van der Waals surface area contributed by atoms with Gasteiger partial charge in [0.1, 0.15) is 0 Å². The van der Waals surface area contributed by atoms with Crippen molar-refractivity contribution in [1.82, 2.24) is 9.88 Å². The molecule has 5 nitrogen and oxygen atoms in total. The maximum atomic E-state index is 12.5. The first-order valence-corrected chi connectivity index (χ1v) is 10.7. The maximum Gasteiger partial charge on any atom is 0.257 e. The quantitative estimate of drug-likeness (QED) is 0.630. The molecule has 0 bridgehead atoms. The van der Waals surface area contributed by atoms with E-state index >= 15 is 0 Å². The minimum atomic E-state index is -0.143. The van der Waals surface area contributed by atoms with Crippen molar-refractivity contribution in [2.75, 3.05) is 31.6 Å². The predicted molar refractivity (Wildman–Crippen MR) is 117 cm³/mol. The number of morpholine rings is 1. The highest BCUT2D eigenvalue weighted by Crippen LogP contribution is 2.22. The summed E-state index contributed by atoms with van der Waals surface area (Å²) in [5.74, 6) is -0.143. The summed E-state index contributed by atoms with van der Waals surface area (Å²) in [7, 11) is 0. The Bertz CT molecular complexity index is 951. The number of hydrogen-bond acceptors (Lipinski definition) is 5. The Kier molecular flexibility index (Phi) is 6.56. The van der Waals surface area contributed by atoms with Gasteiger partial charge in [0, 0.05) is 47.7 Å². The summed E-state index contributed by atoms with van der Waals surface area (Å²) in [5.41, 5.74) is 2.99. The number of hydrogen-bond donors (Lipinski definition) is 1. The molecule has 0 atom stereocenters. The van der Waals surface area contributed by atoms with Crippen molar-refractivity contribution in [3.05, 3.63) is 81.3 Å². The minimum absolute atomic E-state index is 0.143. The number of rotatable bonds is 6. The van der Waals surface area contributed by atoms with Crippen molar-refractivity contribution < 1.29 is 9.53 Å². The van der Waals surface area contributed by atoms with E-state index in [2.05, 4.69) is 15.2 Å². The van der Waals surface area contributed by atoms with Gasteiger partial charge in [0.25, 0.3) is 5.91 Å². The van der Waals surface area contributed by atoms with Crippen molar-refractivity contribution >= 4 is 34.0 Å². The number of halogens is 1. The second-order valence-corrected chi connectivity index (χ2v) is 8.53. The SMILES string of the molecule is O=C(Nc1ncc(Cc2ccc(Cl)cc2)s1)c1ccc(CN2CCOCC2)cc1. The molecule has 29 heavy (non-hydrogen) atoms. The molecule has 0 radical (unpaired) electrons. The van der Waals surface area contributed by atoms with Crippen LogP contribution in [0.1, 0.15) is 26.4 Å². The van der Waals surface area contributed by atoms with E-state index in [1.165, 1.54) is 16.9 Å². The van der Waals surface area contributed by atoms with Gasteiger partial charge in [0.15, 0.2) is 5.13 Å². The molecule has 1 aliphatic heterocycles. The Balaban J connectivity index is 1.33. The van der Waals surface area contributed by atoms with E-state index in [-0.39, 0.29) is 5.91 Å². The lowest BCUT2D eigenvalue weighted by atomic mass is 10.1. The molecule has 7 heteroatoms. The molecule has 1 aromatic heterocycles. The van der Waals surface area contributed by atoms with Crippen LogP contribution >= 0.6 is 22.9 Å². The third kappa shape index (κ3) is 5.64. The lowest BCUT2D eigenvalue weighted by Gasteiger charge is -2.26. The van der Waals surface area contributed by atoms with E-state index in [4.69, 9.17) is 16.3 Å². The van der Waals surface area contributed by atoms with Crippen LogP contribution in [0.2, 0.25) is 5.02 Å². The third-order valence-electron chi connectivity index (χ3n) is 4.79. The van der Waals surface area contributed by atoms with Crippen LogP contribution in [0.3, 0.4) is 0 Å². The number of nitrogens with zero attached hydrogens (tertiary/aromatic N) is 2. The van der Waals surface area contributed by atoms with Crippen LogP contribution in [0, 0.1) is 0 Å². The van der Waals surface area contributed by atoms with E-state index in [0.717, 1.165) is 54.7 Å². The Labute approximate surface area is 179 Å². The van der Waals surface area contributed by atoms with Crippen LogP contribution in [-0.2, 0) is 17.7 Å². The summed E-state index contributed by atoms with van der Waals surface area (Å²) in [6, 6.07) is 15.5. The number of ether oxygens (including phenoxy) is 1. The van der Waals surface area contributed by atoms with Crippen LogP contribution in [0.15, 0.2) is 54.7 Å². The summed E-state index contributed by atoms with van der Waals surface area (Å²) in [6.07, 6.45) is 2.57. The Morgan fingerprint density at radius 1 is 1.07 bits per heavy atom. The smallest absolute Gasteiger partial charge is 0.257 e. The van der Waals surface area contributed by atoms with Gasteiger partial charge >= 0.3 is 0 Å². The van der Waals surface area contributed by atoms with E-state index in [1.54, 1.807) is 6.20 Å². The molecule has 4 rings (SSSR count). The van der Waals surface area contributed by atoms with Crippen molar-refractivity contribution in [2.45, 2.75) is 13.0 Å². The molecule has 150 valence electrons. The molecule has 0 saturated carbocycles. The molecule has 0 unspecified atom stereocenters. The molecule has 3 aromatic rings. The summed E-state index contributed by atoms with van der Waals surface area (Å²) >= 11 is 7.41. The van der Waals surface area contributed by atoms with Gasteiger partial charge in [-0.25, -0.2) is 4.98 Å². The average Bonchev–Trinajstić information content (AvgIpc) is 3.18. The number of thiazole rings is 1. The Morgan fingerprint density at radius 2 is 1.76 bits per heavy atom. The van der Waals surface area contributed by atoms with Crippen molar-refractivity contribution in [1.29, 1.82) is 0 Å². The van der Waals surface area contributed by atoms with E-state index < -0.39 is 0 Å². The van der Waals surface area contributed by atoms with Crippen molar-refractivity contribution in [3.8, 4) is 0 Å². The number of carbonyl (C=O) groups excluding carboxylic acids is 1. The summed E-state index contributed by atoms with van der Waals surface area (Å²) in [4.78, 5) is 20.3. The molecular weight excluding hydrogens is 406 g/mol. The molecule has 0 aliphatic carbocycles. The van der Waals surface area contributed by atoms with Gasteiger partial charge in [-0.05, 0) is 35.4 Å². The fourth-order valence-corrected chi connectivity index (χ4v) is 4.17. The number of nitrogens with one attached hydrogen (secondary N) is 1. The van der Waals surface area contributed by atoms with Gasteiger partial charge < -0.3 is 4.74 Å². The summed E-state index contributed by atoms with van der Waals surface area (Å²) in [6.45, 7) is 4.35. The van der Waals surface area contributed by atoms with Crippen LogP contribution < -0.4 is 5.32 Å². The standard InChI is InChI=1S/C22H22ClN3O2S/c23-19-7-3-16(4-8-19)13-20-14-24-22(29-20)25-21(27)18-5-1-17(2-6-18)15-26-9-11-28-12-10-26/h1-8,14H,9-13,15H2,(H,24,25,27). The second-order valence-electron chi connectivity index (χ2n) is 6.97. The highest BCUT2D eigenvalue weighted by molar-refractivity contribution is 7.15. The number of aromatic nitrogens is 1. The molecule has 0 spiro atoms.